The number of fused-ring (bicyclic) bond motifs is 1. The Morgan fingerprint density at radius 1 is 1.26 bits per heavy atom. The molecular weight excluding hydrogens is 296 g/mol. The lowest BCUT2D eigenvalue weighted by molar-refractivity contribution is -0.117. The molecule has 23 heavy (non-hydrogen) atoms. The highest BCUT2D eigenvalue weighted by Crippen LogP contribution is 2.30. The molecule has 0 spiro atoms. The summed E-state index contributed by atoms with van der Waals surface area (Å²) in [6.07, 6.45) is 2.72. The molecule has 2 heterocycles. The zero-order valence-electron chi connectivity index (χ0n) is 12.6. The summed E-state index contributed by atoms with van der Waals surface area (Å²) in [5, 5.41) is 14.5. The second-order valence-electron chi connectivity index (χ2n) is 6.10. The van der Waals surface area contributed by atoms with Crippen LogP contribution >= 0.6 is 0 Å². The van der Waals surface area contributed by atoms with Crippen LogP contribution in [0.4, 0.5) is 5.82 Å². The van der Waals surface area contributed by atoms with E-state index in [1.165, 1.54) is 0 Å². The van der Waals surface area contributed by atoms with Gasteiger partial charge >= 0.3 is 0 Å². The van der Waals surface area contributed by atoms with E-state index in [1.54, 1.807) is 6.20 Å². The first-order chi connectivity index (χ1) is 11.2. The van der Waals surface area contributed by atoms with Crippen molar-refractivity contribution in [2.24, 2.45) is 5.92 Å². The standard InChI is InChI=1S/C17H18N2O4/c20-14-8-22-9-15(14)23-13-4-3-11-6-16(18-7-12(11)5-13)19-17(21)10-1-2-10/h3-7,10,14-15,20H,1-2,8-9H2,(H,18,19,21). The smallest absolute Gasteiger partial charge is 0.228 e. The summed E-state index contributed by atoms with van der Waals surface area (Å²) < 4.78 is 10.9. The number of carbonyl (C=O) groups excluding carboxylic acids is 1. The van der Waals surface area contributed by atoms with Crippen LogP contribution in [0.1, 0.15) is 12.8 Å². The van der Waals surface area contributed by atoms with Crippen LogP contribution in [0.25, 0.3) is 10.8 Å². The number of aliphatic hydroxyl groups excluding tert-OH is 1. The number of ether oxygens (including phenoxy) is 2. The van der Waals surface area contributed by atoms with Crippen LogP contribution in [0.15, 0.2) is 30.5 Å². The van der Waals surface area contributed by atoms with Gasteiger partial charge in [-0.2, -0.15) is 0 Å². The molecule has 2 aliphatic rings. The highest BCUT2D eigenvalue weighted by molar-refractivity contribution is 5.95. The van der Waals surface area contributed by atoms with Crippen molar-refractivity contribution in [2.75, 3.05) is 18.5 Å². The third-order valence-corrected chi connectivity index (χ3v) is 4.18. The largest absolute Gasteiger partial charge is 0.485 e. The lowest BCUT2D eigenvalue weighted by Gasteiger charge is -2.15. The van der Waals surface area contributed by atoms with E-state index in [0.29, 0.717) is 24.8 Å². The molecule has 1 aliphatic carbocycles. The van der Waals surface area contributed by atoms with Crippen LogP contribution in [0.2, 0.25) is 0 Å². The van der Waals surface area contributed by atoms with Crippen LogP contribution in [-0.4, -0.2) is 41.4 Å². The fraction of sp³-hybridized carbons (Fsp3) is 0.412. The number of carbonyl (C=O) groups is 1. The monoisotopic (exact) mass is 314 g/mol. The van der Waals surface area contributed by atoms with E-state index in [2.05, 4.69) is 10.3 Å². The van der Waals surface area contributed by atoms with Crippen molar-refractivity contribution in [3.8, 4) is 5.75 Å². The van der Waals surface area contributed by atoms with E-state index in [-0.39, 0.29) is 17.9 Å². The maximum Gasteiger partial charge on any atom is 0.228 e. The van der Waals surface area contributed by atoms with Gasteiger partial charge in [-0.1, -0.05) is 6.07 Å². The number of benzene rings is 1. The Hall–Kier alpha value is -2.18. The first-order valence-corrected chi connectivity index (χ1v) is 7.82. The van der Waals surface area contributed by atoms with Crippen molar-refractivity contribution < 1.29 is 19.4 Å². The molecule has 1 amide bonds. The van der Waals surface area contributed by atoms with Gasteiger partial charge in [0, 0.05) is 17.5 Å². The van der Waals surface area contributed by atoms with Gasteiger partial charge in [-0.25, -0.2) is 4.98 Å². The normalized spacial score (nSPS) is 23.9. The fourth-order valence-corrected chi connectivity index (χ4v) is 2.65. The van der Waals surface area contributed by atoms with Crippen molar-refractivity contribution in [3.05, 3.63) is 30.5 Å². The minimum atomic E-state index is -0.594. The van der Waals surface area contributed by atoms with Crippen molar-refractivity contribution in [3.63, 3.8) is 0 Å². The van der Waals surface area contributed by atoms with E-state index in [4.69, 9.17) is 9.47 Å². The number of aromatic nitrogens is 1. The molecule has 1 saturated heterocycles. The van der Waals surface area contributed by atoms with Crippen LogP contribution < -0.4 is 10.1 Å². The Kier molecular flexibility index (Phi) is 3.63. The predicted molar refractivity (Wildman–Crippen MR) is 84.3 cm³/mol. The number of amides is 1. The quantitative estimate of drug-likeness (QED) is 0.898. The van der Waals surface area contributed by atoms with Crippen molar-refractivity contribution in [1.29, 1.82) is 0 Å². The average Bonchev–Trinajstić information content (AvgIpc) is 3.32. The summed E-state index contributed by atoms with van der Waals surface area (Å²) in [5.41, 5.74) is 0. The minimum Gasteiger partial charge on any atom is -0.485 e. The summed E-state index contributed by atoms with van der Waals surface area (Å²) in [6, 6.07) is 7.49. The number of nitrogens with zero attached hydrogens (tertiary/aromatic N) is 1. The van der Waals surface area contributed by atoms with Crippen molar-refractivity contribution in [1.82, 2.24) is 4.98 Å². The number of aliphatic hydroxyl groups is 1. The van der Waals surface area contributed by atoms with Crippen LogP contribution in [0, 0.1) is 5.92 Å². The highest BCUT2D eigenvalue weighted by Gasteiger charge is 2.30. The Morgan fingerprint density at radius 3 is 2.87 bits per heavy atom. The molecule has 0 radical (unpaired) electrons. The minimum absolute atomic E-state index is 0.0482. The molecule has 1 aromatic heterocycles. The van der Waals surface area contributed by atoms with Crippen LogP contribution in [0.5, 0.6) is 5.75 Å². The zero-order chi connectivity index (χ0) is 15.8. The van der Waals surface area contributed by atoms with E-state index in [0.717, 1.165) is 23.6 Å². The molecule has 2 fully saturated rings. The Morgan fingerprint density at radius 2 is 2.13 bits per heavy atom. The van der Waals surface area contributed by atoms with E-state index in [1.807, 2.05) is 24.3 Å². The topological polar surface area (TPSA) is 80.7 Å². The molecule has 6 nitrogen and oxygen atoms in total. The number of nitrogens with one attached hydrogen (secondary N) is 1. The molecule has 1 aromatic carbocycles. The molecule has 1 saturated carbocycles. The molecule has 4 rings (SSSR count). The molecule has 2 atom stereocenters. The molecule has 0 bridgehead atoms. The molecule has 6 heteroatoms. The predicted octanol–water partition coefficient (Wildman–Crippen LogP) is 1.72. The third kappa shape index (κ3) is 3.13. The van der Waals surface area contributed by atoms with Gasteiger partial charge in [0.15, 0.2) is 0 Å². The number of pyridine rings is 1. The number of rotatable bonds is 4. The maximum atomic E-state index is 11.8. The lowest BCUT2D eigenvalue weighted by atomic mass is 10.1. The highest BCUT2D eigenvalue weighted by atomic mass is 16.6. The summed E-state index contributed by atoms with van der Waals surface area (Å²) >= 11 is 0. The number of anilines is 1. The van der Waals surface area contributed by atoms with Crippen LogP contribution in [0.3, 0.4) is 0 Å². The molecule has 2 unspecified atom stereocenters. The SMILES string of the molecule is O=C(Nc1cc2ccc(OC3COCC3O)cc2cn1)C1CC1. The van der Waals surface area contributed by atoms with Gasteiger partial charge in [-0.3, -0.25) is 4.79 Å². The lowest BCUT2D eigenvalue weighted by Crippen LogP contribution is -2.29. The molecule has 120 valence electrons. The third-order valence-electron chi connectivity index (χ3n) is 4.18. The maximum absolute atomic E-state index is 11.8. The van der Waals surface area contributed by atoms with Gasteiger partial charge in [0.2, 0.25) is 5.91 Å². The summed E-state index contributed by atoms with van der Waals surface area (Å²) in [6.45, 7) is 0.702. The Labute approximate surface area is 133 Å². The van der Waals surface area contributed by atoms with Gasteiger partial charge in [-0.15, -0.1) is 0 Å². The van der Waals surface area contributed by atoms with Gasteiger partial charge in [-0.05, 0) is 36.4 Å². The molecule has 2 N–H and O–H groups in total. The van der Waals surface area contributed by atoms with Gasteiger partial charge < -0.3 is 19.9 Å². The Bertz CT molecular complexity index is 744. The number of hydrogen-bond acceptors (Lipinski definition) is 5. The van der Waals surface area contributed by atoms with Gasteiger partial charge in [0.05, 0.1) is 13.2 Å². The van der Waals surface area contributed by atoms with Gasteiger partial charge in [0.1, 0.15) is 23.8 Å². The molecule has 2 aromatic rings. The summed E-state index contributed by atoms with van der Waals surface area (Å²) in [5.74, 6) is 1.45. The van der Waals surface area contributed by atoms with E-state index >= 15 is 0 Å². The van der Waals surface area contributed by atoms with Gasteiger partial charge in [0.25, 0.3) is 0 Å². The van der Waals surface area contributed by atoms with Crippen molar-refractivity contribution >= 4 is 22.5 Å². The van der Waals surface area contributed by atoms with Crippen molar-refractivity contribution in [2.45, 2.75) is 25.0 Å². The van der Waals surface area contributed by atoms with E-state index < -0.39 is 6.10 Å². The first-order valence-electron chi connectivity index (χ1n) is 7.82. The fourth-order valence-electron chi connectivity index (χ4n) is 2.65. The second-order valence-corrected chi connectivity index (χ2v) is 6.10. The van der Waals surface area contributed by atoms with Crippen LogP contribution in [-0.2, 0) is 9.53 Å². The molecular formula is C17H18N2O4. The van der Waals surface area contributed by atoms with E-state index in [9.17, 15) is 9.90 Å². The molecule has 1 aliphatic heterocycles. The summed E-state index contributed by atoms with van der Waals surface area (Å²) in [7, 11) is 0. The summed E-state index contributed by atoms with van der Waals surface area (Å²) in [4.78, 5) is 16.1. The Balaban J connectivity index is 1.51. The number of hydrogen-bond donors (Lipinski definition) is 2. The average molecular weight is 314 g/mol. The first kappa shape index (κ1) is 14.4. The zero-order valence-corrected chi connectivity index (χ0v) is 12.6. The second kappa shape index (κ2) is 5.79.